The fourth-order valence-corrected chi connectivity index (χ4v) is 3.65. The summed E-state index contributed by atoms with van der Waals surface area (Å²) in [4.78, 5) is 16.4. The van der Waals surface area contributed by atoms with E-state index in [0.29, 0.717) is 19.7 Å². The lowest BCUT2D eigenvalue weighted by Crippen LogP contribution is -2.50. The molecule has 1 aliphatic heterocycles. The van der Waals surface area contributed by atoms with Crippen molar-refractivity contribution in [1.29, 1.82) is 0 Å². The van der Waals surface area contributed by atoms with Gasteiger partial charge in [0.05, 0.1) is 0 Å². The summed E-state index contributed by atoms with van der Waals surface area (Å²) in [6.07, 6.45) is -0.217. The number of benzene rings is 1. The molecule has 0 radical (unpaired) electrons. The summed E-state index contributed by atoms with van der Waals surface area (Å²) in [6, 6.07) is 9.79. The minimum Gasteiger partial charge on any atom is -0.564 e. The zero-order valence-corrected chi connectivity index (χ0v) is 18.0. The highest BCUT2D eigenvalue weighted by molar-refractivity contribution is 6.74. The van der Waals surface area contributed by atoms with E-state index < -0.39 is 8.32 Å². The van der Waals surface area contributed by atoms with Crippen LogP contribution in [0.3, 0.4) is 0 Å². The number of hydrogen-bond acceptors (Lipinski definition) is 4. The van der Waals surface area contributed by atoms with E-state index in [-0.39, 0.29) is 11.1 Å². The van der Waals surface area contributed by atoms with Crippen LogP contribution < -0.4 is 0 Å². The molecule has 1 heterocycles. The molecule has 5 nitrogen and oxygen atoms in total. The van der Waals surface area contributed by atoms with E-state index in [1.165, 1.54) is 0 Å². The fourth-order valence-electron chi connectivity index (χ4n) is 2.61. The number of nitrogens with zero attached hydrogens (tertiary/aromatic N) is 2. The average Bonchev–Trinajstić information content (AvgIpc) is 2.60. The van der Waals surface area contributed by atoms with Crippen LogP contribution in [0.1, 0.15) is 26.3 Å². The van der Waals surface area contributed by atoms with Crippen molar-refractivity contribution in [3.8, 4) is 0 Å². The lowest BCUT2D eigenvalue weighted by molar-refractivity contribution is 0.0678. The predicted molar refractivity (Wildman–Crippen MR) is 108 cm³/mol. The number of carbonyl (C=O) groups is 1. The van der Waals surface area contributed by atoms with E-state index in [1.807, 2.05) is 30.3 Å². The van der Waals surface area contributed by atoms with Gasteiger partial charge in [-0.05, 0) is 13.9 Å². The summed E-state index contributed by atoms with van der Waals surface area (Å²) >= 11 is 0. The predicted octanol–water partition coefficient (Wildman–Crippen LogP) is 3.96. The molecule has 0 aromatic heterocycles. The van der Waals surface area contributed by atoms with Crippen molar-refractivity contribution in [1.82, 2.24) is 9.80 Å². The molecule has 2 rings (SSSR count). The molecule has 1 fully saturated rings. The molecule has 26 heavy (non-hydrogen) atoms. The molecule has 1 saturated heterocycles. The molecule has 0 spiro atoms. The highest BCUT2D eigenvalue weighted by atomic mass is 28.4. The largest absolute Gasteiger partial charge is 0.564 e. The van der Waals surface area contributed by atoms with E-state index in [2.05, 4.69) is 38.8 Å². The first kappa shape index (κ1) is 20.9. The van der Waals surface area contributed by atoms with Gasteiger partial charge in [0.2, 0.25) is 0 Å². The summed E-state index contributed by atoms with van der Waals surface area (Å²) in [5, 5.41) is 0.244. The van der Waals surface area contributed by atoms with Gasteiger partial charge in [0.25, 0.3) is 0 Å². The fraction of sp³-hybridized carbons (Fsp3) is 0.650. The standard InChI is InChI=1S/C20H34N2O3Si/c1-20(2,3)26(4,5)25-16-15-21-11-13-22(14-12-21)19(23)24-17-18-9-7-6-8-10-18/h6-10H,11-17H2,1-5H3/q-1. The summed E-state index contributed by atoms with van der Waals surface area (Å²) in [5.74, 6) is 0. The first-order chi connectivity index (χ1) is 12.2. The van der Waals surface area contributed by atoms with Crippen LogP contribution in [0.4, 0.5) is 4.79 Å². The normalized spacial score (nSPS) is 16.6. The Morgan fingerprint density at radius 3 is 2.27 bits per heavy atom. The maximum Gasteiger partial charge on any atom is 0.410 e. The summed E-state index contributed by atoms with van der Waals surface area (Å²) in [7, 11) is -1.68. The first-order valence-corrected chi connectivity index (χ1v) is 12.4. The lowest BCUT2D eigenvalue weighted by Gasteiger charge is -2.49. The van der Waals surface area contributed by atoms with Crippen molar-refractivity contribution in [2.24, 2.45) is 0 Å². The Hall–Kier alpha value is -1.37. The van der Waals surface area contributed by atoms with Crippen LogP contribution in [0.2, 0.25) is 18.1 Å². The van der Waals surface area contributed by atoms with Crippen molar-refractivity contribution in [3.63, 3.8) is 0 Å². The van der Waals surface area contributed by atoms with Gasteiger partial charge in [-0.3, -0.25) is 4.90 Å². The zero-order chi connectivity index (χ0) is 19.2. The van der Waals surface area contributed by atoms with Crippen molar-refractivity contribution < 1.29 is 14.0 Å². The second-order valence-electron chi connectivity index (χ2n) is 8.48. The van der Waals surface area contributed by atoms with Gasteiger partial charge in [0.15, 0.2) is 0 Å². The molecule has 147 valence electrons. The van der Waals surface area contributed by atoms with E-state index in [0.717, 1.165) is 31.8 Å². The number of amides is 1. The van der Waals surface area contributed by atoms with Crippen LogP contribution in [-0.4, -0.2) is 63.5 Å². The van der Waals surface area contributed by atoms with Gasteiger partial charge >= 0.3 is 6.09 Å². The van der Waals surface area contributed by atoms with E-state index in [4.69, 9.17) is 9.16 Å². The number of carbonyl (C=O) groups excluding carboxylic acids is 1. The summed E-state index contributed by atoms with van der Waals surface area (Å²) < 4.78 is 11.7. The van der Waals surface area contributed by atoms with Crippen molar-refractivity contribution in [2.75, 3.05) is 39.3 Å². The van der Waals surface area contributed by atoms with Crippen LogP contribution in [0, 0.1) is 0 Å². The van der Waals surface area contributed by atoms with Crippen LogP contribution in [0.25, 0.3) is 0 Å². The highest BCUT2D eigenvalue weighted by Gasteiger charge is 2.25. The van der Waals surface area contributed by atoms with Gasteiger partial charge in [-0.25, -0.2) is 4.79 Å². The van der Waals surface area contributed by atoms with Crippen LogP contribution in [0.15, 0.2) is 30.3 Å². The molecule has 1 aromatic carbocycles. The molecule has 6 heteroatoms. The van der Waals surface area contributed by atoms with Crippen LogP contribution in [-0.2, 0) is 15.8 Å². The third kappa shape index (κ3) is 6.11. The van der Waals surface area contributed by atoms with Crippen molar-refractivity contribution in [2.45, 2.75) is 45.5 Å². The molecule has 0 aliphatic carbocycles. The molecule has 0 bridgehead atoms. The number of rotatable bonds is 6. The third-order valence-electron chi connectivity index (χ3n) is 5.51. The Balaban J connectivity index is 1.66. The Labute approximate surface area is 159 Å². The third-order valence-corrected chi connectivity index (χ3v) is 10.1. The molecule has 1 amide bonds. The van der Waals surface area contributed by atoms with Gasteiger partial charge in [0, 0.05) is 39.3 Å². The smallest absolute Gasteiger partial charge is 0.410 e. The van der Waals surface area contributed by atoms with Crippen LogP contribution in [0.5, 0.6) is 0 Å². The quantitative estimate of drug-likeness (QED) is 0.703. The summed E-state index contributed by atoms with van der Waals surface area (Å²) in [5.41, 5.74) is 1.02. The SMILES string of the molecule is CC(C)(C)[Si-](C)(C)OCCN1CCN(C(=O)OCc2ccccc2)CC1. The van der Waals surface area contributed by atoms with Crippen molar-refractivity contribution in [3.05, 3.63) is 35.9 Å². The monoisotopic (exact) mass is 378 g/mol. The van der Waals surface area contributed by atoms with Gasteiger partial charge in [0.1, 0.15) is 6.61 Å². The van der Waals surface area contributed by atoms with Gasteiger partial charge in [-0.2, -0.15) is 0 Å². The maximum atomic E-state index is 12.2. The maximum absolute atomic E-state index is 12.2. The summed E-state index contributed by atoms with van der Waals surface area (Å²) in [6.45, 7) is 16.6. The molecule has 0 saturated carbocycles. The zero-order valence-electron chi connectivity index (χ0n) is 17.0. The minimum absolute atomic E-state index is 0.217. The molecule has 1 aliphatic rings. The molecule has 0 atom stereocenters. The van der Waals surface area contributed by atoms with E-state index in [1.54, 1.807) is 4.90 Å². The molecule has 0 unspecified atom stereocenters. The van der Waals surface area contributed by atoms with Crippen molar-refractivity contribution >= 4 is 14.4 Å². The minimum atomic E-state index is -1.68. The second kappa shape index (κ2) is 9.02. The lowest BCUT2D eigenvalue weighted by atomic mass is 10.2. The van der Waals surface area contributed by atoms with Gasteiger partial charge in [-0.15, -0.1) is 18.1 Å². The highest BCUT2D eigenvalue weighted by Crippen LogP contribution is 2.36. The van der Waals surface area contributed by atoms with Gasteiger partial charge < -0.3 is 14.1 Å². The van der Waals surface area contributed by atoms with E-state index >= 15 is 0 Å². The molecule has 1 aromatic rings. The Kier molecular flexibility index (Phi) is 7.26. The second-order valence-corrected chi connectivity index (χ2v) is 13.3. The van der Waals surface area contributed by atoms with Gasteiger partial charge in [-0.1, -0.05) is 51.1 Å². The Bertz CT molecular complexity index is 564. The molecular weight excluding hydrogens is 344 g/mol. The van der Waals surface area contributed by atoms with Crippen LogP contribution >= 0.6 is 0 Å². The molecule has 0 N–H and O–H groups in total. The number of piperazine rings is 1. The number of hydrogen-bond donors (Lipinski definition) is 0. The van der Waals surface area contributed by atoms with E-state index in [9.17, 15) is 4.79 Å². The topological polar surface area (TPSA) is 42.0 Å². The Morgan fingerprint density at radius 2 is 1.69 bits per heavy atom. The number of ether oxygens (including phenoxy) is 1. The average molecular weight is 379 g/mol. The molecular formula is C20H34N2O3Si-. The first-order valence-electron chi connectivity index (χ1n) is 9.51. The Morgan fingerprint density at radius 1 is 1.08 bits per heavy atom.